The van der Waals surface area contributed by atoms with E-state index in [9.17, 15) is 27.6 Å². The van der Waals surface area contributed by atoms with Crippen LogP contribution in [0.3, 0.4) is 0 Å². The monoisotopic (exact) mass is 442 g/mol. The Bertz CT molecular complexity index is 1120. The third-order valence-electron chi connectivity index (χ3n) is 5.87. The number of piperidine rings is 1. The van der Waals surface area contributed by atoms with Gasteiger partial charge in [-0.3, -0.25) is 14.4 Å². The number of benzene rings is 2. The molecule has 8 heteroatoms. The number of halogens is 3. The van der Waals surface area contributed by atoms with Crippen LogP contribution in [0.2, 0.25) is 0 Å². The van der Waals surface area contributed by atoms with Gasteiger partial charge in [-0.15, -0.1) is 0 Å². The smallest absolute Gasteiger partial charge is 0.329 e. The molecule has 1 saturated heterocycles. The molecule has 0 aromatic heterocycles. The van der Waals surface area contributed by atoms with Gasteiger partial charge in [0.1, 0.15) is 6.04 Å². The minimum absolute atomic E-state index is 0.0866. The lowest BCUT2D eigenvalue weighted by atomic mass is 9.97. The van der Waals surface area contributed by atoms with Crippen LogP contribution in [0.15, 0.2) is 54.7 Å². The SMILES string of the molecule is C=C1CCC(N2Cc3cc(CCC(=O)c4ccccc4C(F)(F)F)ccc3C2=O)C(=O)N1. The van der Waals surface area contributed by atoms with Crippen LogP contribution in [0, 0.1) is 0 Å². The maximum Gasteiger partial charge on any atom is 0.417 e. The maximum atomic E-state index is 13.2. The van der Waals surface area contributed by atoms with E-state index in [0.717, 1.165) is 17.2 Å². The van der Waals surface area contributed by atoms with Crippen molar-refractivity contribution in [3.05, 3.63) is 82.6 Å². The van der Waals surface area contributed by atoms with Crippen molar-refractivity contribution < 1.29 is 27.6 Å². The highest BCUT2D eigenvalue weighted by Crippen LogP contribution is 2.33. The maximum absolute atomic E-state index is 13.2. The van der Waals surface area contributed by atoms with E-state index in [0.29, 0.717) is 24.1 Å². The van der Waals surface area contributed by atoms with Gasteiger partial charge in [0.2, 0.25) is 5.91 Å². The summed E-state index contributed by atoms with van der Waals surface area (Å²) >= 11 is 0. The molecule has 1 N–H and O–H groups in total. The largest absolute Gasteiger partial charge is 0.417 e. The van der Waals surface area contributed by atoms with E-state index in [1.165, 1.54) is 23.1 Å². The second-order valence-corrected chi connectivity index (χ2v) is 8.04. The number of hydrogen-bond acceptors (Lipinski definition) is 3. The number of ketones is 1. The molecule has 0 saturated carbocycles. The molecule has 1 fully saturated rings. The lowest BCUT2D eigenvalue weighted by Gasteiger charge is -2.30. The lowest BCUT2D eigenvalue weighted by Crippen LogP contribution is -2.49. The number of allylic oxidation sites excluding steroid dienone is 1. The molecule has 2 heterocycles. The van der Waals surface area contributed by atoms with Gasteiger partial charge in [0.15, 0.2) is 5.78 Å². The van der Waals surface area contributed by atoms with E-state index < -0.39 is 23.6 Å². The van der Waals surface area contributed by atoms with Crippen molar-refractivity contribution >= 4 is 17.6 Å². The Morgan fingerprint density at radius 3 is 2.62 bits per heavy atom. The molecule has 1 unspecified atom stereocenters. The zero-order valence-electron chi connectivity index (χ0n) is 17.2. The third kappa shape index (κ3) is 4.17. The summed E-state index contributed by atoms with van der Waals surface area (Å²) in [6, 6.07) is 9.33. The van der Waals surface area contributed by atoms with Gasteiger partial charge < -0.3 is 10.2 Å². The standard InChI is InChI=1S/C24H21F3N2O3/c1-14-6-10-20(22(31)28-14)29-13-16-12-15(7-9-17(16)23(29)32)8-11-21(30)18-4-2-3-5-19(18)24(25,26)27/h2-5,7,9,12,20H,1,6,8,10-11,13H2,(H,28,31). The molecule has 1 atom stereocenters. The van der Waals surface area contributed by atoms with Crippen molar-refractivity contribution in [3.8, 4) is 0 Å². The summed E-state index contributed by atoms with van der Waals surface area (Å²) < 4.78 is 39.5. The van der Waals surface area contributed by atoms with Gasteiger partial charge in [-0.25, -0.2) is 0 Å². The van der Waals surface area contributed by atoms with Gasteiger partial charge in [-0.05, 0) is 42.5 Å². The number of rotatable bonds is 5. The van der Waals surface area contributed by atoms with Gasteiger partial charge in [0.05, 0.1) is 5.56 Å². The Hall–Kier alpha value is -3.42. The molecule has 2 aliphatic rings. The number of hydrogen-bond donors (Lipinski definition) is 1. The Balaban J connectivity index is 1.46. The van der Waals surface area contributed by atoms with Crippen LogP contribution in [0.25, 0.3) is 0 Å². The third-order valence-corrected chi connectivity index (χ3v) is 5.87. The molecular weight excluding hydrogens is 421 g/mol. The first kappa shape index (κ1) is 21.8. The average Bonchev–Trinajstić information content (AvgIpc) is 3.07. The minimum atomic E-state index is -4.60. The molecule has 2 aromatic carbocycles. The Morgan fingerprint density at radius 2 is 1.91 bits per heavy atom. The van der Waals surface area contributed by atoms with Crippen LogP contribution < -0.4 is 5.32 Å². The molecule has 0 aliphatic carbocycles. The van der Waals surface area contributed by atoms with E-state index in [1.54, 1.807) is 18.2 Å². The zero-order chi connectivity index (χ0) is 23.0. The van der Waals surface area contributed by atoms with Crippen molar-refractivity contribution in [2.24, 2.45) is 0 Å². The summed E-state index contributed by atoms with van der Waals surface area (Å²) in [5.74, 6) is -1.07. The molecule has 0 bridgehead atoms. The van der Waals surface area contributed by atoms with E-state index >= 15 is 0 Å². The number of amides is 2. The summed E-state index contributed by atoms with van der Waals surface area (Å²) in [6.07, 6.45) is -3.33. The number of carbonyl (C=O) groups is 3. The second-order valence-electron chi connectivity index (χ2n) is 8.04. The van der Waals surface area contributed by atoms with Crippen molar-refractivity contribution in [1.29, 1.82) is 0 Å². The van der Waals surface area contributed by atoms with Gasteiger partial charge in [0.25, 0.3) is 5.91 Å². The fraction of sp³-hybridized carbons (Fsp3) is 0.292. The molecule has 2 amide bonds. The predicted octanol–water partition coefficient (Wildman–Crippen LogP) is 4.27. The fourth-order valence-corrected chi connectivity index (χ4v) is 4.23. The highest BCUT2D eigenvalue weighted by molar-refractivity contribution is 6.01. The first-order valence-electron chi connectivity index (χ1n) is 10.3. The van der Waals surface area contributed by atoms with Crippen LogP contribution >= 0.6 is 0 Å². The van der Waals surface area contributed by atoms with Gasteiger partial charge in [-0.2, -0.15) is 13.2 Å². The van der Waals surface area contributed by atoms with Gasteiger partial charge in [-0.1, -0.05) is 36.9 Å². The molecular formula is C24H21F3N2O3. The minimum Gasteiger partial charge on any atom is -0.329 e. The molecule has 2 aromatic rings. The van der Waals surface area contributed by atoms with E-state index in [1.807, 2.05) is 0 Å². The molecule has 32 heavy (non-hydrogen) atoms. The Labute approximate surface area is 182 Å². The van der Waals surface area contributed by atoms with Crippen LogP contribution in [0.1, 0.15) is 56.7 Å². The van der Waals surface area contributed by atoms with Crippen LogP contribution in [-0.4, -0.2) is 28.5 Å². The number of carbonyl (C=O) groups excluding carboxylic acids is 3. The van der Waals surface area contributed by atoms with E-state index in [-0.39, 0.29) is 36.8 Å². The molecule has 0 spiro atoms. The van der Waals surface area contributed by atoms with E-state index in [2.05, 4.69) is 11.9 Å². The van der Waals surface area contributed by atoms with Gasteiger partial charge in [0, 0.05) is 29.8 Å². The van der Waals surface area contributed by atoms with Crippen LogP contribution in [0.5, 0.6) is 0 Å². The highest BCUT2D eigenvalue weighted by atomic mass is 19.4. The van der Waals surface area contributed by atoms with Crippen molar-refractivity contribution in [1.82, 2.24) is 10.2 Å². The first-order chi connectivity index (χ1) is 15.1. The summed E-state index contributed by atoms with van der Waals surface area (Å²) in [5.41, 5.74) is 1.35. The van der Waals surface area contributed by atoms with Gasteiger partial charge >= 0.3 is 6.18 Å². The number of alkyl halides is 3. The Kier molecular flexibility index (Phi) is 5.62. The second kappa shape index (κ2) is 8.26. The first-order valence-corrected chi connectivity index (χ1v) is 10.3. The quantitative estimate of drug-likeness (QED) is 0.704. The summed E-state index contributed by atoms with van der Waals surface area (Å²) in [4.78, 5) is 39.1. The number of nitrogens with one attached hydrogen (secondary N) is 1. The Morgan fingerprint density at radius 1 is 1.16 bits per heavy atom. The van der Waals surface area contributed by atoms with E-state index in [4.69, 9.17) is 0 Å². The molecule has 2 aliphatic heterocycles. The molecule has 0 radical (unpaired) electrons. The average molecular weight is 442 g/mol. The number of Topliss-reactive ketones (excluding diaryl/α,β-unsaturated/α-hetero) is 1. The topological polar surface area (TPSA) is 66.5 Å². The van der Waals surface area contributed by atoms with Crippen LogP contribution in [0.4, 0.5) is 13.2 Å². The molecule has 4 rings (SSSR count). The van der Waals surface area contributed by atoms with Crippen molar-refractivity contribution in [2.75, 3.05) is 0 Å². The van der Waals surface area contributed by atoms with Crippen molar-refractivity contribution in [3.63, 3.8) is 0 Å². The summed E-state index contributed by atoms with van der Waals surface area (Å²) in [5, 5.41) is 2.68. The van der Waals surface area contributed by atoms with Crippen molar-refractivity contribution in [2.45, 2.75) is 44.4 Å². The summed E-state index contributed by atoms with van der Waals surface area (Å²) in [7, 11) is 0. The predicted molar refractivity (Wildman–Crippen MR) is 111 cm³/mol. The lowest BCUT2D eigenvalue weighted by molar-refractivity contribution is -0.138. The number of nitrogens with zero attached hydrogens (tertiary/aromatic N) is 1. The number of aryl methyl sites for hydroxylation is 1. The number of fused-ring (bicyclic) bond motifs is 1. The zero-order valence-corrected chi connectivity index (χ0v) is 17.2. The normalized spacial score (nSPS) is 18.5. The molecule has 166 valence electrons. The fourth-order valence-electron chi connectivity index (χ4n) is 4.23. The summed E-state index contributed by atoms with van der Waals surface area (Å²) in [6.45, 7) is 4.02. The van der Waals surface area contributed by atoms with Crippen LogP contribution in [-0.2, 0) is 23.9 Å². The molecule has 5 nitrogen and oxygen atoms in total. The highest BCUT2D eigenvalue weighted by Gasteiger charge is 2.38.